The molecule has 1 saturated heterocycles. The number of aromatic nitrogens is 3. The van der Waals surface area contributed by atoms with Gasteiger partial charge in [-0.3, -0.25) is 14.4 Å². The highest BCUT2D eigenvalue weighted by atomic mass is 16.6. The van der Waals surface area contributed by atoms with Crippen LogP contribution in [0.5, 0.6) is 11.5 Å². The minimum Gasteiger partial charge on any atom is -0.483 e. The Labute approximate surface area is 281 Å². The average molecular weight is 677 g/mol. The summed E-state index contributed by atoms with van der Waals surface area (Å²) >= 11 is 0. The normalized spacial score (nSPS) is 18.0. The second-order valence-corrected chi connectivity index (χ2v) is 12.9. The summed E-state index contributed by atoms with van der Waals surface area (Å²) in [5.74, 6) is 0.453. The quantitative estimate of drug-likeness (QED) is 0.230. The first-order chi connectivity index (χ1) is 23.2. The number of nitrogens with two attached hydrogens (primary N) is 1. The molecule has 4 heterocycles. The summed E-state index contributed by atoms with van der Waals surface area (Å²) in [5.41, 5.74) is 6.46. The Morgan fingerprint density at radius 2 is 1.61 bits per heavy atom. The Morgan fingerprint density at radius 3 is 2.20 bits per heavy atom. The summed E-state index contributed by atoms with van der Waals surface area (Å²) in [6.45, 7) is 10.3. The molecule has 2 atom stereocenters. The number of fused-ring (bicyclic) bond motifs is 5. The summed E-state index contributed by atoms with van der Waals surface area (Å²) in [4.78, 5) is 76.5. The van der Waals surface area contributed by atoms with Crippen molar-refractivity contribution in [3.05, 3.63) is 86.2 Å². The zero-order chi connectivity index (χ0) is 35.8. The largest absolute Gasteiger partial charge is 0.483 e. The van der Waals surface area contributed by atoms with E-state index >= 15 is 0 Å². The topological polar surface area (TPSA) is 188 Å². The number of amides is 2. The SMILES string of the molecule is CC(=O)c1ccc(-n2c(=O)n3n(c2=O)C2C(=CC3)C(C)(C)Oc3cc(OC(=O)N4CCN(C(=O)[C@@H](N)C(C)C)CC4)ccc32)cc1.O=CO. The standard InChI is InChI=1S/C33H38N6O7.CH2O2/c1-19(2)27(34)29(41)35-14-16-36(17-15-35)32(44)45-23-10-11-24-26(18-23)46-33(4,5)25-12-13-37-30(42)38(31(43)39(37)28(24)25)22-8-6-21(7-9-22)20(3)40;2-1-3/h6-12,18-19,27-28H,13-17,34H2,1-5H3;1H,(H,2,3)/t27-,28?;/m0./s1. The zero-order valence-corrected chi connectivity index (χ0v) is 28.0. The molecular formula is C34H40N6O9. The summed E-state index contributed by atoms with van der Waals surface area (Å²) in [6, 6.07) is 10.1. The number of carbonyl (C=O) groups is 4. The van der Waals surface area contributed by atoms with Crippen LogP contribution in [0.15, 0.2) is 63.7 Å². The third-order valence-electron chi connectivity index (χ3n) is 9.01. The van der Waals surface area contributed by atoms with Crippen molar-refractivity contribution in [1.82, 2.24) is 23.7 Å². The molecule has 0 bridgehead atoms. The lowest BCUT2D eigenvalue weighted by atomic mass is 9.83. The van der Waals surface area contributed by atoms with Crippen molar-refractivity contribution in [1.29, 1.82) is 0 Å². The highest BCUT2D eigenvalue weighted by molar-refractivity contribution is 5.94. The van der Waals surface area contributed by atoms with Crippen molar-refractivity contribution in [3.8, 4) is 17.2 Å². The van der Waals surface area contributed by atoms with Gasteiger partial charge < -0.3 is 30.1 Å². The van der Waals surface area contributed by atoms with Gasteiger partial charge >= 0.3 is 17.5 Å². The van der Waals surface area contributed by atoms with E-state index in [0.717, 1.165) is 10.1 Å². The molecule has 49 heavy (non-hydrogen) atoms. The fourth-order valence-corrected chi connectivity index (χ4v) is 6.28. The lowest BCUT2D eigenvalue weighted by Crippen LogP contribution is -2.55. The Kier molecular flexibility index (Phi) is 9.67. The number of rotatable bonds is 5. The summed E-state index contributed by atoms with van der Waals surface area (Å²) < 4.78 is 16.0. The average Bonchev–Trinajstić information content (AvgIpc) is 3.33. The van der Waals surface area contributed by atoms with E-state index < -0.39 is 35.2 Å². The van der Waals surface area contributed by atoms with E-state index in [0.29, 0.717) is 48.7 Å². The molecule has 3 aliphatic heterocycles. The Morgan fingerprint density at radius 1 is 1.00 bits per heavy atom. The Balaban J connectivity index is 0.00000151. The van der Waals surface area contributed by atoms with Gasteiger partial charge in [-0.25, -0.2) is 28.3 Å². The van der Waals surface area contributed by atoms with Crippen LogP contribution in [-0.4, -0.2) is 90.9 Å². The van der Waals surface area contributed by atoms with Crippen molar-refractivity contribution < 1.29 is 33.8 Å². The van der Waals surface area contributed by atoms with Gasteiger partial charge in [0, 0.05) is 43.4 Å². The van der Waals surface area contributed by atoms with Crippen LogP contribution in [0.25, 0.3) is 5.69 Å². The summed E-state index contributed by atoms with van der Waals surface area (Å²) in [7, 11) is 0. The van der Waals surface area contributed by atoms with Gasteiger partial charge in [-0.05, 0) is 68.7 Å². The van der Waals surface area contributed by atoms with Crippen LogP contribution in [0.4, 0.5) is 4.79 Å². The molecule has 3 aromatic rings. The van der Waals surface area contributed by atoms with Gasteiger partial charge in [0.1, 0.15) is 23.1 Å². The van der Waals surface area contributed by atoms with Crippen molar-refractivity contribution in [2.75, 3.05) is 26.2 Å². The molecular weight excluding hydrogens is 636 g/mol. The van der Waals surface area contributed by atoms with Crippen molar-refractivity contribution in [2.24, 2.45) is 11.7 Å². The molecule has 3 aliphatic rings. The molecule has 1 unspecified atom stereocenters. The van der Waals surface area contributed by atoms with E-state index in [1.54, 1.807) is 52.3 Å². The molecule has 0 aliphatic carbocycles. The molecule has 260 valence electrons. The highest BCUT2D eigenvalue weighted by Gasteiger charge is 2.44. The van der Waals surface area contributed by atoms with Crippen molar-refractivity contribution in [2.45, 2.75) is 58.8 Å². The predicted octanol–water partition coefficient (Wildman–Crippen LogP) is 2.03. The highest BCUT2D eigenvalue weighted by Crippen LogP contribution is 2.47. The molecule has 0 spiro atoms. The molecule has 1 fully saturated rings. The number of nitrogens with zero attached hydrogens (tertiary/aromatic N) is 5. The Bertz CT molecular complexity index is 1930. The van der Waals surface area contributed by atoms with Gasteiger partial charge in [0.25, 0.3) is 6.47 Å². The molecule has 2 aromatic carbocycles. The number of Topliss-reactive ketones (excluding diaryl/α,β-unsaturated/α-hetero) is 1. The third-order valence-corrected chi connectivity index (χ3v) is 9.01. The number of benzene rings is 2. The van der Waals surface area contributed by atoms with Gasteiger partial charge in [0.05, 0.1) is 18.3 Å². The second-order valence-electron chi connectivity index (χ2n) is 12.9. The van der Waals surface area contributed by atoms with E-state index in [1.807, 2.05) is 33.8 Å². The number of hydrogen-bond acceptors (Lipinski definition) is 9. The molecule has 1 aromatic heterocycles. The van der Waals surface area contributed by atoms with Gasteiger partial charge in [0.2, 0.25) is 5.91 Å². The van der Waals surface area contributed by atoms with E-state index in [2.05, 4.69) is 0 Å². The van der Waals surface area contributed by atoms with Crippen molar-refractivity contribution in [3.63, 3.8) is 0 Å². The van der Waals surface area contributed by atoms with Crippen LogP contribution in [0, 0.1) is 5.92 Å². The first-order valence-electron chi connectivity index (χ1n) is 15.9. The van der Waals surface area contributed by atoms with Gasteiger partial charge in [0.15, 0.2) is 5.78 Å². The van der Waals surface area contributed by atoms with Crippen LogP contribution in [0.1, 0.15) is 56.6 Å². The first kappa shape index (κ1) is 34.9. The third kappa shape index (κ3) is 6.53. The number of ether oxygens (including phenoxy) is 2. The van der Waals surface area contributed by atoms with Crippen molar-refractivity contribution >= 4 is 24.3 Å². The number of ketones is 1. The minimum atomic E-state index is -0.841. The Hall–Kier alpha value is -5.44. The fourth-order valence-electron chi connectivity index (χ4n) is 6.28. The maximum atomic E-state index is 13.9. The van der Waals surface area contributed by atoms with Gasteiger partial charge in [-0.15, -0.1) is 0 Å². The number of allylic oxidation sites excluding steroid dienone is 1. The molecule has 15 heteroatoms. The fraction of sp³-hybridized carbons (Fsp3) is 0.412. The predicted molar refractivity (Wildman–Crippen MR) is 177 cm³/mol. The number of piperazine rings is 1. The molecule has 15 nitrogen and oxygen atoms in total. The maximum absolute atomic E-state index is 13.9. The lowest BCUT2D eigenvalue weighted by molar-refractivity contribution is -0.135. The molecule has 6 rings (SSSR count). The second kappa shape index (κ2) is 13.6. The summed E-state index contributed by atoms with van der Waals surface area (Å²) in [5, 5.41) is 6.89. The monoisotopic (exact) mass is 676 g/mol. The van der Waals surface area contributed by atoms with Crippen LogP contribution >= 0.6 is 0 Å². The summed E-state index contributed by atoms with van der Waals surface area (Å²) in [6.07, 6.45) is 1.36. The lowest BCUT2D eigenvalue weighted by Gasteiger charge is -2.42. The number of carboxylic acid groups (broad SMARTS) is 1. The number of carbonyl (C=O) groups excluding carboxylic acids is 3. The van der Waals surface area contributed by atoms with E-state index in [4.69, 9.17) is 25.1 Å². The van der Waals surface area contributed by atoms with Gasteiger partial charge in [-0.2, -0.15) is 0 Å². The molecule has 0 saturated carbocycles. The van der Waals surface area contributed by atoms with Crippen LogP contribution in [0.3, 0.4) is 0 Å². The van der Waals surface area contributed by atoms with E-state index in [1.165, 1.54) is 16.3 Å². The maximum Gasteiger partial charge on any atom is 0.415 e. The van der Waals surface area contributed by atoms with Crippen LogP contribution in [-0.2, 0) is 16.1 Å². The molecule has 0 radical (unpaired) electrons. The zero-order valence-electron chi connectivity index (χ0n) is 28.0. The first-order valence-corrected chi connectivity index (χ1v) is 15.9. The van der Waals surface area contributed by atoms with Crippen LogP contribution in [0.2, 0.25) is 0 Å². The molecule has 2 amide bonds. The van der Waals surface area contributed by atoms with E-state index in [-0.39, 0.29) is 36.4 Å². The minimum absolute atomic E-state index is 0.0176. The smallest absolute Gasteiger partial charge is 0.415 e. The molecule has 3 N–H and O–H groups in total. The number of hydrogen-bond donors (Lipinski definition) is 2. The van der Waals surface area contributed by atoms with Crippen LogP contribution < -0.4 is 26.6 Å². The van der Waals surface area contributed by atoms with Gasteiger partial charge in [-0.1, -0.05) is 19.9 Å². The van der Waals surface area contributed by atoms with E-state index in [9.17, 15) is 24.0 Å².